The van der Waals surface area contributed by atoms with E-state index in [9.17, 15) is 0 Å². The Bertz CT molecular complexity index is 519. The van der Waals surface area contributed by atoms with Crippen LogP contribution in [0.25, 0.3) is 11.2 Å². The van der Waals surface area contributed by atoms with E-state index in [1.807, 2.05) is 10.6 Å². The van der Waals surface area contributed by atoms with Crippen LogP contribution in [0.2, 0.25) is 0 Å². The Balaban J connectivity index is 2.64. The van der Waals surface area contributed by atoms with E-state index in [2.05, 4.69) is 21.5 Å². The molecule has 0 saturated heterocycles. The van der Waals surface area contributed by atoms with Crippen LogP contribution in [0.3, 0.4) is 0 Å². The van der Waals surface area contributed by atoms with Gasteiger partial charge in [-0.15, -0.1) is 6.58 Å². The molecule has 68 valence electrons. The SMILES string of the molecule is C=CCn1cnc2cnc(C#N)nc21. The Morgan fingerprint density at radius 1 is 1.57 bits per heavy atom. The highest BCUT2D eigenvalue weighted by atomic mass is 15.1. The zero-order valence-electron chi connectivity index (χ0n) is 7.38. The van der Waals surface area contributed by atoms with Crippen LogP contribution in [0.15, 0.2) is 25.2 Å². The number of aromatic nitrogens is 4. The van der Waals surface area contributed by atoms with Crippen molar-refractivity contribution in [3.05, 3.63) is 31.0 Å². The maximum Gasteiger partial charge on any atom is 0.234 e. The average Bonchev–Trinajstić information content (AvgIpc) is 2.61. The highest BCUT2D eigenvalue weighted by molar-refractivity contribution is 5.69. The molecular weight excluding hydrogens is 178 g/mol. The van der Waals surface area contributed by atoms with E-state index in [4.69, 9.17) is 5.26 Å². The third kappa shape index (κ3) is 1.23. The summed E-state index contributed by atoms with van der Waals surface area (Å²) in [5, 5.41) is 8.63. The first-order valence-corrected chi connectivity index (χ1v) is 4.04. The second-order valence-electron chi connectivity index (χ2n) is 2.70. The summed E-state index contributed by atoms with van der Waals surface area (Å²) in [5.41, 5.74) is 1.35. The molecule has 2 aromatic heterocycles. The summed E-state index contributed by atoms with van der Waals surface area (Å²) in [6.07, 6.45) is 4.94. The molecule has 0 N–H and O–H groups in total. The van der Waals surface area contributed by atoms with Crippen molar-refractivity contribution in [2.24, 2.45) is 0 Å². The largest absolute Gasteiger partial charge is 0.311 e. The molecule has 2 aromatic rings. The van der Waals surface area contributed by atoms with E-state index in [0.29, 0.717) is 17.7 Å². The third-order valence-electron chi connectivity index (χ3n) is 1.78. The summed E-state index contributed by atoms with van der Waals surface area (Å²) in [5.74, 6) is 0.156. The molecule has 2 rings (SSSR count). The van der Waals surface area contributed by atoms with Crippen LogP contribution in [0.4, 0.5) is 0 Å². The van der Waals surface area contributed by atoms with Gasteiger partial charge in [-0.3, -0.25) is 0 Å². The molecule has 0 bridgehead atoms. The molecule has 0 unspecified atom stereocenters. The number of imidazole rings is 1. The second kappa shape index (κ2) is 3.26. The Morgan fingerprint density at radius 3 is 3.14 bits per heavy atom. The fourth-order valence-electron chi connectivity index (χ4n) is 1.18. The van der Waals surface area contributed by atoms with Gasteiger partial charge in [0.15, 0.2) is 5.65 Å². The Kier molecular flexibility index (Phi) is 1.95. The molecule has 5 nitrogen and oxygen atoms in total. The van der Waals surface area contributed by atoms with Gasteiger partial charge in [-0.1, -0.05) is 6.08 Å². The Hall–Kier alpha value is -2.22. The number of hydrogen-bond donors (Lipinski definition) is 0. The molecule has 0 saturated carbocycles. The van der Waals surface area contributed by atoms with Crippen LogP contribution in [-0.2, 0) is 6.54 Å². The summed E-state index contributed by atoms with van der Waals surface area (Å²) >= 11 is 0. The van der Waals surface area contributed by atoms with E-state index in [1.54, 1.807) is 18.6 Å². The van der Waals surface area contributed by atoms with E-state index in [0.717, 1.165) is 0 Å². The van der Waals surface area contributed by atoms with Gasteiger partial charge in [-0.2, -0.15) is 10.2 Å². The van der Waals surface area contributed by atoms with Gasteiger partial charge < -0.3 is 4.57 Å². The zero-order chi connectivity index (χ0) is 9.97. The number of nitriles is 1. The molecule has 5 heteroatoms. The minimum Gasteiger partial charge on any atom is -0.311 e. The summed E-state index contributed by atoms with van der Waals surface area (Å²) in [7, 11) is 0. The van der Waals surface area contributed by atoms with Crippen molar-refractivity contribution in [3.63, 3.8) is 0 Å². The fourth-order valence-corrected chi connectivity index (χ4v) is 1.18. The average molecular weight is 185 g/mol. The van der Waals surface area contributed by atoms with Crippen molar-refractivity contribution in [2.45, 2.75) is 6.54 Å². The lowest BCUT2D eigenvalue weighted by Gasteiger charge is -1.96. The lowest BCUT2D eigenvalue weighted by atomic mass is 10.5. The molecule has 14 heavy (non-hydrogen) atoms. The highest BCUT2D eigenvalue weighted by Gasteiger charge is 2.04. The molecule has 0 amide bonds. The predicted molar refractivity (Wildman–Crippen MR) is 50.2 cm³/mol. The van der Waals surface area contributed by atoms with Gasteiger partial charge in [-0.05, 0) is 0 Å². The minimum atomic E-state index is 0.156. The van der Waals surface area contributed by atoms with Crippen LogP contribution >= 0.6 is 0 Å². The van der Waals surface area contributed by atoms with Gasteiger partial charge in [0.25, 0.3) is 0 Å². The Morgan fingerprint density at radius 2 is 2.43 bits per heavy atom. The number of nitrogens with zero attached hydrogens (tertiary/aromatic N) is 5. The van der Waals surface area contributed by atoms with Gasteiger partial charge >= 0.3 is 0 Å². The molecular formula is C9H7N5. The number of hydrogen-bond acceptors (Lipinski definition) is 4. The van der Waals surface area contributed by atoms with Crippen LogP contribution < -0.4 is 0 Å². The standard InChI is InChI=1S/C9H7N5/c1-2-3-14-6-12-7-5-11-8(4-10)13-9(7)14/h2,5-6H,1,3H2. The summed E-state index contributed by atoms with van der Waals surface area (Å²) in [6.45, 7) is 4.25. The van der Waals surface area contributed by atoms with E-state index in [1.165, 1.54) is 0 Å². The van der Waals surface area contributed by atoms with Gasteiger partial charge in [0, 0.05) is 6.54 Å². The smallest absolute Gasteiger partial charge is 0.234 e. The fraction of sp³-hybridized carbons (Fsp3) is 0.111. The molecule has 0 fully saturated rings. The van der Waals surface area contributed by atoms with Crippen molar-refractivity contribution in [2.75, 3.05) is 0 Å². The van der Waals surface area contributed by atoms with Crippen LogP contribution in [0.1, 0.15) is 5.82 Å². The maximum absolute atomic E-state index is 8.63. The first-order valence-electron chi connectivity index (χ1n) is 4.04. The first-order chi connectivity index (χ1) is 6.85. The van der Waals surface area contributed by atoms with E-state index in [-0.39, 0.29) is 5.82 Å². The molecule has 0 aliphatic carbocycles. The van der Waals surface area contributed by atoms with Gasteiger partial charge in [-0.25, -0.2) is 9.97 Å². The summed E-state index contributed by atoms with van der Waals surface area (Å²) < 4.78 is 1.81. The Labute approximate surface area is 80.4 Å². The second-order valence-corrected chi connectivity index (χ2v) is 2.70. The maximum atomic E-state index is 8.63. The molecule has 2 heterocycles. The molecule has 0 aliphatic rings. The molecule has 0 aliphatic heterocycles. The normalized spacial score (nSPS) is 9.93. The number of allylic oxidation sites excluding steroid dienone is 1. The van der Waals surface area contributed by atoms with Crippen LogP contribution in [-0.4, -0.2) is 19.5 Å². The van der Waals surface area contributed by atoms with Crippen molar-refractivity contribution >= 4 is 11.2 Å². The van der Waals surface area contributed by atoms with Crippen molar-refractivity contribution in [1.29, 1.82) is 5.26 Å². The first kappa shape index (κ1) is 8.38. The molecule has 0 atom stereocenters. The van der Waals surface area contributed by atoms with Crippen molar-refractivity contribution < 1.29 is 0 Å². The predicted octanol–water partition coefficient (Wildman–Crippen LogP) is 0.884. The third-order valence-corrected chi connectivity index (χ3v) is 1.78. The summed E-state index contributed by atoms with van der Waals surface area (Å²) in [6, 6.07) is 1.89. The van der Waals surface area contributed by atoms with E-state index >= 15 is 0 Å². The lowest BCUT2D eigenvalue weighted by molar-refractivity contribution is 0.837. The van der Waals surface area contributed by atoms with Crippen molar-refractivity contribution in [1.82, 2.24) is 19.5 Å². The van der Waals surface area contributed by atoms with Gasteiger partial charge in [0.2, 0.25) is 5.82 Å². The van der Waals surface area contributed by atoms with Gasteiger partial charge in [0.05, 0.1) is 12.5 Å². The topological polar surface area (TPSA) is 67.4 Å². The van der Waals surface area contributed by atoms with Crippen molar-refractivity contribution in [3.8, 4) is 6.07 Å². The molecule has 0 radical (unpaired) electrons. The lowest BCUT2D eigenvalue weighted by Crippen LogP contribution is -1.96. The zero-order valence-corrected chi connectivity index (χ0v) is 7.38. The highest BCUT2D eigenvalue weighted by Crippen LogP contribution is 2.08. The number of rotatable bonds is 2. The quantitative estimate of drug-likeness (QED) is 0.651. The van der Waals surface area contributed by atoms with Gasteiger partial charge in [0.1, 0.15) is 11.6 Å². The monoisotopic (exact) mass is 185 g/mol. The molecule has 0 spiro atoms. The number of fused-ring (bicyclic) bond motifs is 1. The summed E-state index contributed by atoms with van der Waals surface area (Å²) in [4.78, 5) is 12.0. The van der Waals surface area contributed by atoms with Crippen LogP contribution in [0, 0.1) is 11.3 Å². The van der Waals surface area contributed by atoms with E-state index < -0.39 is 0 Å². The minimum absolute atomic E-state index is 0.156. The molecule has 0 aromatic carbocycles. The van der Waals surface area contributed by atoms with Crippen LogP contribution in [0.5, 0.6) is 0 Å².